The summed E-state index contributed by atoms with van der Waals surface area (Å²) >= 11 is 0. The first-order valence-corrected chi connectivity index (χ1v) is 8.51. The van der Waals surface area contributed by atoms with Crippen molar-refractivity contribution in [1.82, 2.24) is 20.3 Å². The van der Waals surface area contributed by atoms with E-state index in [1.54, 1.807) is 0 Å². The summed E-state index contributed by atoms with van der Waals surface area (Å²) in [6.07, 6.45) is 0.817. The molecule has 0 saturated carbocycles. The second kappa shape index (κ2) is 8.39. The molecule has 0 spiro atoms. The number of aromatic nitrogens is 3. The van der Waals surface area contributed by atoms with Gasteiger partial charge in [-0.3, -0.25) is 4.79 Å². The first-order chi connectivity index (χ1) is 12.3. The minimum absolute atomic E-state index is 0.0609. The van der Waals surface area contributed by atoms with Crippen LogP contribution in [0.4, 0.5) is 0 Å². The van der Waals surface area contributed by atoms with Crippen molar-refractivity contribution in [1.29, 1.82) is 0 Å². The first-order valence-electron chi connectivity index (χ1n) is 8.51. The third kappa shape index (κ3) is 4.42. The van der Waals surface area contributed by atoms with Crippen LogP contribution in [-0.4, -0.2) is 40.7 Å². The van der Waals surface area contributed by atoms with E-state index in [1.807, 2.05) is 60.1 Å². The van der Waals surface area contributed by atoms with Gasteiger partial charge in [0.1, 0.15) is 5.52 Å². The molecule has 130 valence electrons. The molecule has 0 radical (unpaired) electrons. The SMILES string of the molecule is CCOCCCNC(=O)c1ccc(Cn2nnc3ccccc32)cc1. The number of rotatable bonds is 8. The van der Waals surface area contributed by atoms with Crippen LogP contribution in [0.1, 0.15) is 29.3 Å². The number of carbonyl (C=O) groups is 1. The van der Waals surface area contributed by atoms with Crippen molar-refractivity contribution < 1.29 is 9.53 Å². The molecular formula is C19H22N4O2. The highest BCUT2D eigenvalue weighted by Gasteiger charge is 2.07. The van der Waals surface area contributed by atoms with Crippen molar-refractivity contribution in [2.24, 2.45) is 0 Å². The largest absolute Gasteiger partial charge is 0.382 e. The monoisotopic (exact) mass is 338 g/mol. The van der Waals surface area contributed by atoms with Gasteiger partial charge in [-0.05, 0) is 43.2 Å². The molecule has 0 fully saturated rings. The second-order valence-corrected chi connectivity index (χ2v) is 5.74. The van der Waals surface area contributed by atoms with Crippen LogP contribution in [0.2, 0.25) is 0 Å². The highest BCUT2D eigenvalue weighted by Crippen LogP contribution is 2.12. The van der Waals surface area contributed by atoms with Crippen molar-refractivity contribution in [2.75, 3.05) is 19.8 Å². The van der Waals surface area contributed by atoms with Gasteiger partial charge in [0.05, 0.1) is 12.1 Å². The van der Waals surface area contributed by atoms with E-state index in [4.69, 9.17) is 4.74 Å². The summed E-state index contributed by atoms with van der Waals surface area (Å²) in [5, 5.41) is 11.2. The van der Waals surface area contributed by atoms with Crippen molar-refractivity contribution in [3.8, 4) is 0 Å². The van der Waals surface area contributed by atoms with E-state index in [0.717, 1.165) is 23.0 Å². The van der Waals surface area contributed by atoms with Crippen LogP contribution in [0.15, 0.2) is 48.5 Å². The number of nitrogens with zero attached hydrogens (tertiary/aromatic N) is 3. The maximum atomic E-state index is 12.1. The predicted octanol–water partition coefficient (Wildman–Crippen LogP) is 2.64. The summed E-state index contributed by atoms with van der Waals surface area (Å²) in [6, 6.07) is 15.4. The molecule has 0 aliphatic rings. The molecule has 1 N–H and O–H groups in total. The van der Waals surface area contributed by atoms with Crippen LogP contribution in [-0.2, 0) is 11.3 Å². The van der Waals surface area contributed by atoms with E-state index < -0.39 is 0 Å². The van der Waals surface area contributed by atoms with Gasteiger partial charge in [0, 0.05) is 25.3 Å². The number of para-hydroxylation sites is 1. The summed E-state index contributed by atoms with van der Waals surface area (Å²) in [6.45, 7) is 4.57. The van der Waals surface area contributed by atoms with Crippen molar-refractivity contribution >= 4 is 16.9 Å². The Balaban J connectivity index is 1.57. The summed E-state index contributed by atoms with van der Waals surface area (Å²) in [4.78, 5) is 12.1. The average molecular weight is 338 g/mol. The van der Waals surface area contributed by atoms with Gasteiger partial charge < -0.3 is 10.1 Å². The zero-order chi connectivity index (χ0) is 17.5. The van der Waals surface area contributed by atoms with Crippen molar-refractivity contribution in [2.45, 2.75) is 19.9 Å². The zero-order valence-electron chi connectivity index (χ0n) is 14.3. The van der Waals surface area contributed by atoms with E-state index >= 15 is 0 Å². The number of amides is 1. The molecule has 6 heteroatoms. The van der Waals surface area contributed by atoms with E-state index in [1.165, 1.54) is 0 Å². The van der Waals surface area contributed by atoms with Crippen LogP contribution in [0.5, 0.6) is 0 Å². The Labute approximate surface area is 146 Å². The maximum Gasteiger partial charge on any atom is 0.251 e. The third-order valence-electron chi connectivity index (χ3n) is 3.92. The summed E-state index contributed by atoms with van der Waals surface area (Å²) in [5.74, 6) is -0.0609. The average Bonchev–Trinajstić information content (AvgIpc) is 3.05. The topological polar surface area (TPSA) is 69.0 Å². The lowest BCUT2D eigenvalue weighted by Crippen LogP contribution is -2.25. The Bertz CT molecular complexity index is 827. The quantitative estimate of drug-likeness (QED) is 0.641. The van der Waals surface area contributed by atoms with E-state index in [2.05, 4.69) is 15.6 Å². The van der Waals surface area contributed by atoms with Crippen LogP contribution >= 0.6 is 0 Å². The van der Waals surface area contributed by atoms with Crippen LogP contribution in [0.3, 0.4) is 0 Å². The summed E-state index contributed by atoms with van der Waals surface area (Å²) in [7, 11) is 0. The van der Waals surface area contributed by atoms with E-state index in [9.17, 15) is 4.79 Å². The molecule has 3 rings (SSSR count). The number of carbonyl (C=O) groups excluding carboxylic acids is 1. The van der Waals surface area contributed by atoms with Gasteiger partial charge in [-0.1, -0.05) is 29.5 Å². The number of benzene rings is 2. The number of hydrogen-bond acceptors (Lipinski definition) is 4. The highest BCUT2D eigenvalue weighted by atomic mass is 16.5. The van der Waals surface area contributed by atoms with Crippen LogP contribution in [0, 0.1) is 0 Å². The Morgan fingerprint density at radius 3 is 2.76 bits per heavy atom. The molecule has 0 aliphatic carbocycles. The second-order valence-electron chi connectivity index (χ2n) is 5.74. The van der Waals surface area contributed by atoms with Crippen LogP contribution in [0.25, 0.3) is 11.0 Å². The molecule has 6 nitrogen and oxygen atoms in total. The lowest BCUT2D eigenvalue weighted by molar-refractivity contribution is 0.0944. The Kier molecular flexibility index (Phi) is 5.74. The van der Waals surface area contributed by atoms with Gasteiger partial charge in [0.15, 0.2) is 0 Å². The number of ether oxygens (including phenoxy) is 1. The Morgan fingerprint density at radius 2 is 1.96 bits per heavy atom. The van der Waals surface area contributed by atoms with Gasteiger partial charge in [0.2, 0.25) is 0 Å². The molecule has 0 atom stereocenters. The van der Waals surface area contributed by atoms with Crippen molar-refractivity contribution in [3.63, 3.8) is 0 Å². The summed E-state index contributed by atoms with van der Waals surface area (Å²) < 4.78 is 7.11. The molecule has 0 bridgehead atoms. The highest BCUT2D eigenvalue weighted by molar-refractivity contribution is 5.94. The molecule has 0 saturated heterocycles. The van der Waals surface area contributed by atoms with Crippen LogP contribution < -0.4 is 5.32 Å². The fraction of sp³-hybridized carbons (Fsp3) is 0.316. The maximum absolute atomic E-state index is 12.1. The minimum Gasteiger partial charge on any atom is -0.382 e. The Hall–Kier alpha value is -2.73. The molecule has 1 aromatic heterocycles. The lowest BCUT2D eigenvalue weighted by Gasteiger charge is -2.07. The van der Waals surface area contributed by atoms with Gasteiger partial charge in [-0.2, -0.15) is 0 Å². The lowest BCUT2D eigenvalue weighted by atomic mass is 10.1. The molecule has 2 aromatic carbocycles. The van der Waals surface area contributed by atoms with E-state index in [-0.39, 0.29) is 5.91 Å². The predicted molar refractivity (Wildman–Crippen MR) is 96.5 cm³/mol. The number of nitrogens with one attached hydrogen (secondary N) is 1. The third-order valence-corrected chi connectivity index (χ3v) is 3.92. The number of fused-ring (bicyclic) bond motifs is 1. The molecule has 3 aromatic rings. The van der Waals surface area contributed by atoms with E-state index in [0.29, 0.717) is 31.9 Å². The fourth-order valence-electron chi connectivity index (χ4n) is 2.59. The normalized spacial score (nSPS) is 10.9. The summed E-state index contributed by atoms with van der Waals surface area (Å²) in [5.41, 5.74) is 3.61. The van der Waals surface area contributed by atoms with Gasteiger partial charge in [0.25, 0.3) is 5.91 Å². The molecular weight excluding hydrogens is 316 g/mol. The van der Waals surface area contributed by atoms with Crippen molar-refractivity contribution in [3.05, 3.63) is 59.7 Å². The molecule has 0 aliphatic heterocycles. The molecule has 1 heterocycles. The molecule has 25 heavy (non-hydrogen) atoms. The van der Waals surface area contributed by atoms with Gasteiger partial charge >= 0.3 is 0 Å². The Morgan fingerprint density at radius 1 is 1.16 bits per heavy atom. The zero-order valence-corrected chi connectivity index (χ0v) is 14.3. The van der Waals surface area contributed by atoms with Gasteiger partial charge in [-0.15, -0.1) is 5.10 Å². The molecule has 0 unspecified atom stereocenters. The van der Waals surface area contributed by atoms with Gasteiger partial charge in [-0.25, -0.2) is 4.68 Å². The standard InChI is InChI=1S/C19H22N4O2/c1-2-25-13-5-12-20-19(24)16-10-8-15(9-11-16)14-23-18-7-4-3-6-17(18)21-22-23/h3-4,6-11H,2,5,12-14H2,1H3,(H,20,24). The minimum atomic E-state index is -0.0609. The smallest absolute Gasteiger partial charge is 0.251 e. The number of hydrogen-bond donors (Lipinski definition) is 1. The fourth-order valence-corrected chi connectivity index (χ4v) is 2.59. The molecule has 1 amide bonds. The first kappa shape index (κ1) is 17.1.